The lowest BCUT2D eigenvalue weighted by Gasteiger charge is -2.22. The molecule has 0 radical (unpaired) electrons. The van der Waals surface area contributed by atoms with Crippen LogP contribution in [0.4, 0.5) is 5.69 Å². The Balaban J connectivity index is 1.73. The minimum Gasteiger partial charge on any atom is -0.444 e. The van der Waals surface area contributed by atoms with Crippen LogP contribution >= 0.6 is 0 Å². The molecule has 2 amide bonds. The lowest BCUT2D eigenvalue weighted by Crippen LogP contribution is -2.47. The molecule has 6 heteroatoms. The van der Waals surface area contributed by atoms with Crippen LogP contribution in [0.25, 0.3) is 11.3 Å². The number of oxazole rings is 1. The van der Waals surface area contributed by atoms with Gasteiger partial charge < -0.3 is 15.1 Å². The summed E-state index contributed by atoms with van der Waals surface area (Å²) in [6.07, 6.45) is 2.97. The zero-order chi connectivity index (χ0) is 20.1. The van der Waals surface area contributed by atoms with E-state index in [-0.39, 0.29) is 17.7 Å². The average Bonchev–Trinajstić information content (AvgIpc) is 3.20. The summed E-state index contributed by atoms with van der Waals surface area (Å²) in [4.78, 5) is 29.3. The molecule has 1 atom stereocenters. The molecule has 1 aromatic heterocycles. The molecule has 0 saturated heterocycles. The standard InChI is InChI=1S/C22H23N3O3/c1-14(2)20(25-21(26)17-8-4-6-15(3)10-17)22(27)24-18-9-5-7-16(11-18)19-12-23-13-28-19/h4-14,20H,1-3H3,(H,24,27)(H,25,26). The molecular weight excluding hydrogens is 354 g/mol. The van der Waals surface area contributed by atoms with E-state index in [1.807, 2.05) is 45.0 Å². The molecule has 28 heavy (non-hydrogen) atoms. The molecule has 0 aliphatic carbocycles. The summed E-state index contributed by atoms with van der Waals surface area (Å²) in [5.74, 6) is -0.00541. The number of anilines is 1. The average molecular weight is 377 g/mol. The molecule has 0 aliphatic rings. The molecule has 0 bridgehead atoms. The zero-order valence-electron chi connectivity index (χ0n) is 16.1. The van der Waals surface area contributed by atoms with Gasteiger partial charge >= 0.3 is 0 Å². The highest BCUT2D eigenvalue weighted by Gasteiger charge is 2.25. The van der Waals surface area contributed by atoms with Gasteiger partial charge in [0.1, 0.15) is 6.04 Å². The lowest BCUT2D eigenvalue weighted by atomic mass is 10.0. The van der Waals surface area contributed by atoms with Crippen LogP contribution in [-0.2, 0) is 4.79 Å². The summed E-state index contributed by atoms with van der Waals surface area (Å²) >= 11 is 0. The van der Waals surface area contributed by atoms with Crippen LogP contribution in [0.15, 0.2) is 65.5 Å². The fourth-order valence-corrected chi connectivity index (χ4v) is 2.87. The number of rotatable bonds is 6. The van der Waals surface area contributed by atoms with Gasteiger partial charge in [-0.25, -0.2) is 4.98 Å². The van der Waals surface area contributed by atoms with Crippen LogP contribution in [-0.4, -0.2) is 22.8 Å². The van der Waals surface area contributed by atoms with Crippen molar-refractivity contribution in [2.24, 2.45) is 5.92 Å². The molecule has 0 aliphatic heterocycles. The number of aryl methyl sites for hydroxylation is 1. The van der Waals surface area contributed by atoms with E-state index in [2.05, 4.69) is 15.6 Å². The third-order valence-electron chi connectivity index (χ3n) is 4.36. The van der Waals surface area contributed by atoms with Crippen LogP contribution in [0.2, 0.25) is 0 Å². The maximum Gasteiger partial charge on any atom is 0.251 e. The molecule has 0 fully saturated rings. The summed E-state index contributed by atoms with van der Waals surface area (Å²) in [7, 11) is 0. The highest BCUT2D eigenvalue weighted by atomic mass is 16.3. The van der Waals surface area contributed by atoms with Crippen LogP contribution in [0.3, 0.4) is 0 Å². The summed E-state index contributed by atoms with van der Waals surface area (Å²) in [5.41, 5.74) is 2.95. The number of aromatic nitrogens is 1. The van der Waals surface area contributed by atoms with Gasteiger partial charge in [0.05, 0.1) is 6.20 Å². The van der Waals surface area contributed by atoms with Crippen LogP contribution in [0, 0.1) is 12.8 Å². The number of carbonyl (C=O) groups excluding carboxylic acids is 2. The predicted octanol–water partition coefficient (Wildman–Crippen LogP) is 4.04. The van der Waals surface area contributed by atoms with Crippen molar-refractivity contribution in [1.29, 1.82) is 0 Å². The van der Waals surface area contributed by atoms with Crippen LogP contribution < -0.4 is 10.6 Å². The van der Waals surface area contributed by atoms with Gasteiger partial charge in [-0.05, 0) is 37.1 Å². The number of carbonyl (C=O) groups is 2. The van der Waals surface area contributed by atoms with E-state index >= 15 is 0 Å². The van der Waals surface area contributed by atoms with Crippen molar-refractivity contribution >= 4 is 17.5 Å². The Morgan fingerprint density at radius 2 is 1.86 bits per heavy atom. The van der Waals surface area contributed by atoms with Gasteiger partial charge in [0.15, 0.2) is 12.2 Å². The van der Waals surface area contributed by atoms with Crippen molar-refractivity contribution in [3.05, 3.63) is 72.2 Å². The number of nitrogens with zero attached hydrogens (tertiary/aromatic N) is 1. The minimum atomic E-state index is -0.665. The minimum absolute atomic E-state index is 0.0776. The van der Waals surface area contributed by atoms with Gasteiger partial charge in [-0.2, -0.15) is 0 Å². The number of hydrogen-bond donors (Lipinski definition) is 2. The molecule has 0 saturated carbocycles. The van der Waals surface area contributed by atoms with E-state index in [0.717, 1.165) is 11.1 Å². The van der Waals surface area contributed by atoms with Crippen LogP contribution in [0.1, 0.15) is 29.8 Å². The number of benzene rings is 2. The first-order chi connectivity index (χ1) is 13.4. The lowest BCUT2D eigenvalue weighted by molar-refractivity contribution is -0.118. The second kappa shape index (κ2) is 8.52. The van der Waals surface area contributed by atoms with Gasteiger partial charge in [-0.3, -0.25) is 9.59 Å². The van der Waals surface area contributed by atoms with Gasteiger partial charge in [-0.1, -0.05) is 43.7 Å². The maximum atomic E-state index is 12.8. The van der Waals surface area contributed by atoms with Crippen LogP contribution in [0.5, 0.6) is 0 Å². The molecule has 6 nitrogen and oxygen atoms in total. The number of nitrogens with one attached hydrogen (secondary N) is 2. The topological polar surface area (TPSA) is 84.2 Å². The third kappa shape index (κ3) is 4.65. The first-order valence-corrected chi connectivity index (χ1v) is 9.11. The smallest absolute Gasteiger partial charge is 0.251 e. The Morgan fingerprint density at radius 3 is 2.54 bits per heavy atom. The van der Waals surface area contributed by atoms with Gasteiger partial charge in [-0.15, -0.1) is 0 Å². The number of hydrogen-bond acceptors (Lipinski definition) is 4. The molecule has 2 aromatic carbocycles. The Hall–Kier alpha value is -3.41. The summed E-state index contributed by atoms with van der Waals surface area (Å²) in [5, 5.41) is 5.72. The first-order valence-electron chi connectivity index (χ1n) is 9.11. The van der Waals surface area contributed by atoms with E-state index in [1.165, 1.54) is 6.39 Å². The molecule has 3 aromatic rings. The summed E-state index contributed by atoms with van der Waals surface area (Å²) in [6.45, 7) is 5.71. The molecular formula is C22H23N3O3. The summed E-state index contributed by atoms with van der Waals surface area (Å²) in [6, 6.07) is 13.9. The highest BCUT2D eigenvalue weighted by Crippen LogP contribution is 2.22. The monoisotopic (exact) mass is 377 g/mol. The molecule has 1 heterocycles. The number of amides is 2. The Morgan fingerprint density at radius 1 is 1.07 bits per heavy atom. The van der Waals surface area contributed by atoms with Crippen molar-refractivity contribution in [1.82, 2.24) is 10.3 Å². The second-order valence-corrected chi connectivity index (χ2v) is 7.00. The fourth-order valence-electron chi connectivity index (χ4n) is 2.87. The maximum absolute atomic E-state index is 12.8. The quantitative estimate of drug-likeness (QED) is 0.679. The molecule has 0 spiro atoms. The summed E-state index contributed by atoms with van der Waals surface area (Å²) < 4.78 is 5.30. The van der Waals surface area contributed by atoms with Crippen molar-refractivity contribution in [3.8, 4) is 11.3 Å². The largest absolute Gasteiger partial charge is 0.444 e. The van der Waals surface area contributed by atoms with E-state index in [9.17, 15) is 9.59 Å². The zero-order valence-corrected chi connectivity index (χ0v) is 16.1. The van der Waals surface area contributed by atoms with E-state index in [4.69, 9.17) is 4.42 Å². The van der Waals surface area contributed by atoms with Crippen molar-refractivity contribution < 1.29 is 14.0 Å². The van der Waals surface area contributed by atoms with Crippen molar-refractivity contribution in [3.63, 3.8) is 0 Å². The normalized spacial score (nSPS) is 11.9. The predicted molar refractivity (Wildman–Crippen MR) is 108 cm³/mol. The molecule has 3 rings (SSSR count). The Bertz CT molecular complexity index is 965. The van der Waals surface area contributed by atoms with Gasteiger partial charge in [0.25, 0.3) is 5.91 Å². The molecule has 144 valence electrons. The third-order valence-corrected chi connectivity index (χ3v) is 4.36. The SMILES string of the molecule is Cc1cccc(C(=O)NC(C(=O)Nc2cccc(-c3cnco3)c2)C(C)C)c1. The highest BCUT2D eigenvalue weighted by molar-refractivity contribution is 6.01. The van der Waals surface area contributed by atoms with E-state index < -0.39 is 6.04 Å². The molecule has 1 unspecified atom stereocenters. The first kappa shape index (κ1) is 19.4. The van der Waals surface area contributed by atoms with E-state index in [0.29, 0.717) is 17.0 Å². The Labute approximate surface area is 164 Å². The van der Waals surface area contributed by atoms with Gasteiger partial charge in [0, 0.05) is 16.8 Å². The van der Waals surface area contributed by atoms with Crippen molar-refractivity contribution in [2.75, 3.05) is 5.32 Å². The fraction of sp³-hybridized carbons (Fsp3) is 0.227. The van der Waals surface area contributed by atoms with Gasteiger partial charge in [0.2, 0.25) is 5.91 Å². The molecule has 2 N–H and O–H groups in total. The van der Waals surface area contributed by atoms with E-state index in [1.54, 1.807) is 30.5 Å². The Kier molecular flexibility index (Phi) is 5.89. The van der Waals surface area contributed by atoms with Crippen molar-refractivity contribution in [2.45, 2.75) is 26.8 Å². The second-order valence-electron chi connectivity index (χ2n) is 7.00.